The highest BCUT2D eigenvalue weighted by Gasteiger charge is 2.18. The van der Waals surface area contributed by atoms with Crippen LogP contribution in [-0.2, 0) is 6.54 Å². The van der Waals surface area contributed by atoms with Crippen molar-refractivity contribution in [3.63, 3.8) is 0 Å². The Morgan fingerprint density at radius 1 is 1.27 bits per heavy atom. The van der Waals surface area contributed by atoms with Crippen LogP contribution in [0.5, 0.6) is 11.5 Å². The molecule has 2 aromatic carbocycles. The lowest BCUT2D eigenvalue weighted by molar-refractivity contribution is -0.384. The number of ether oxygens (including phenoxy) is 1. The summed E-state index contributed by atoms with van der Waals surface area (Å²) in [5, 5.41) is 16.5. The average Bonchev–Trinajstić information content (AvgIpc) is 3.06. The van der Waals surface area contributed by atoms with E-state index in [1.807, 2.05) is 18.4 Å². The molecule has 26 heavy (non-hydrogen) atoms. The number of nitro groups is 1. The van der Waals surface area contributed by atoms with Gasteiger partial charge in [-0.15, -0.1) is 11.3 Å². The number of nitrogens with one attached hydrogen (secondary N) is 1. The number of nitro benzene ring substituents is 1. The van der Waals surface area contributed by atoms with Crippen LogP contribution in [0.2, 0.25) is 0 Å². The molecule has 3 aromatic rings. The second-order valence-electron chi connectivity index (χ2n) is 5.39. The van der Waals surface area contributed by atoms with Crippen molar-refractivity contribution in [3.8, 4) is 11.5 Å². The van der Waals surface area contributed by atoms with Gasteiger partial charge < -0.3 is 10.1 Å². The number of aromatic nitrogens is 1. The minimum absolute atomic E-state index is 0.0926. The van der Waals surface area contributed by atoms with Crippen molar-refractivity contribution in [1.29, 1.82) is 0 Å². The van der Waals surface area contributed by atoms with Crippen LogP contribution >= 0.6 is 11.3 Å². The van der Waals surface area contributed by atoms with E-state index >= 15 is 0 Å². The van der Waals surface area contributed by atoms with E-state index in [2.05, 4.69) is 10.3 Å². The molecule has 0 spiro atoms. The number of hydrogen-bond donors (Lipinski definition) is 1. The molecule has 0 atom stereocenters. The van der Waals surface area contributed by atoms with Crippen LogP contribution < -0.4 is 10.1 Å². The Morgan fingerprint density at radius 2 is 2.04 bits per heavy atom. The van der Waals surface area contributed by atoms with Gasteiger partial charge in [-0.2, -0.15) is 0 Å². The first kappa shape index (κ1) is 17.6. The normalized spacial score (nSPS) is 10.3. The van der Waals surface area contributed by atoms with Gasteiger partial charge in [-0.05, 0) is 25.1 Å². The number of rotatable bonds is 6. The van der Waals surface area contributed by atoms with Crippen LogP contribution in [0.3, 0.4) is 0 Å². The number of aryl methyl sites for hydroxylation is 1. The summed E-state index contributed by atoms with van der Waals surface area (Å²) in [5.41, 5.74) is 0.645. The van der Waals surface area contributed by atoms with Crippen molar-refractivity contribution in [3.05, 3.63) is 80.3 Å². The van der Waals surface area contributed by atoms with Crippen LogP contribution in [0.4, 0.5) is 5.69 Å². The van der Waals surface area contributed by atoms with E-state index in [0.717, 1.165) is 10.7 Å². The summed E-state index contributed by atoms with van der Waals surface area (Å²) < 4.78 is 5.72. The van der Waals surface area contributed by atoms with Gasteiger partial charge in [0.05, 0.1) is 27.7 Å². The highest BCUT2D eigenvalue weighted by atomic mass is 32.1. The smallest absolute Gasteiger partial charge is 0.270 e. The predicted molar refractivity (Wildman–Crippen MR) is 97.6 cm³/mol. The monoisotopic (exact) mass is 369 g/mol. The number of amides is 1. The number of para-hydroxylation sites is 1. The first-order valence-electron chi connectivity index (χ1n) is 7.73. The van der Waals surface area contributed by atoms with Gasteiger partial charge in [0, 0.05) is 17.5 Å². The third kappa shape index (κ3) is 4.22. The van der Waals surface area contributed by atoms with Gasteiger partial charge in [0.25, 0.3) is 11.6 Å². The number of benzene rings is 2. The molecule has 0 aliphatic heterocycles. The summed E-state index contributed by atoms with van der Waals surface area (Å²) in [7, 11) is 0. The molecule has 3 rings (SSSR count). The molecule has 1 heterocycles. The van der Waals surface area contributed by atoms with E-state index in [9.17, 15) is 14.9 Å². The molecule has 0 radical (unpaired) electrons. The van der Waals surface area contributed by atoms with Crippen LogP contribution in [0.25, 0.3) is 0 Å². The number of carbonyl (C=O) groups excluding carboxylic acids is 1. The van der Waals surface area contributed by atoms with Gasteiger partial charge in [0.1, 0.15) is 11.5 Å². The zero-order valence-corrected chi connectivity index (χ0v) is 14.7. The molecule has 1 aromatic heterocycles. The molecule has 1 amide bonds. The molecule has 0 bridgehead atoms. The van der Waals surface area contributed by atoms with Gasteiger partial charge in [0.15, 0.2) is 0 Å². The van der Waals surface area contributed by atoms with Crippen molar-refractivity contribution in [2.24, 2.45) is 0 Å². The van der Waals surface area contributed by atoms with Crippen LogP contribution in [0.15, 0.2) is 53.9 Å². The number of thiazole rings is 1. The third-order valence-corrected chi connectivity index (χ3v) is 4.31. The van der Waals surface area contributed by atoms with Crippen LogP contribution in [0.1, 0.15) is 21.1 Å². The minimum atomic E-state index is -0.549. The molecule has 0 fully saturated rings. The lowest BCUT2D eigenvalue weighted by Crippen LogP contribution is -2.23. The van der Waals surface area contributed by atoms with Gasteiger partial charge in [-0.25, -0.2) is 4.98 Å². The van der Waals surface area contributed by atoms with Crippen LogP contribution in [0, 0.1) is 17.0 Å². The molecular formula is C18H15N3O4S. The number of non-ortho nitro benzene ring substituents is 1. The van der Waals surface area contributed by atoms with E-state index in [-0.39, 0.29) is 23.5 Å². The SMILES string of the molecule is Cc1nc(CNC(=O)c2cc([N+](=O)[O-])ccc2Oc2ccccc2)cs1. The Balaban J connectivity index is 1.85. The third-order valence-electron chi connectivity index (χ3n) is 3.49. The lowest BCUT2D eigenvalue weighted by atomic mass is 10.1. The molecule has 0 unspecified atom stereocenters. The summed E-state index contributed by atoms with van der Waals surface area (Å²) in [4.78, 5) is 27.4. The molecule has 0 saturated carbocycles. The van der Waals surface area contributed by atoms with E-state index in [1.54, 1.807) is 24.3 Å². The topological polar surface area (TPSA) is 94.4 Å². The summed E-state index contributed by atoms with van der Waals surface area (Å²) in [6.07, 6.45) is 0. The molecular weight excluding hydrogens is 354 g/mol. The summed E-state index contributed by atoms with van der Waals surface area (Å²) in [6, 6.07) is 12.8. The first-order chi connectivity index (χ1) is 12.5. The molecule has 0 saturated heterocycles. The van der Waals surface area contributed by atoms with Crippen molar-refractivity contribution in [1.82, 2.24) is 10.3 Å². The molecule has 8 heteroatoms. The highest BCUT2D eigenvalue weighted by Crippen LogP contribution is 2.28. The van der Waals surface area contributed by atoms with E-state index in [4.69, 9.17) is 4.74 Å². The Morgan fingerprint density at radius 3 is 2.69 bits per heavy atom. The molecule has 132 valence electrons. The molecule has 1 N–H and O–H groups in total. The van der Waals surface area contributed by atoms with Gasteiger partial charge in [0.2, 0.25) is 0 Å². The number of carbonyl (C=O) groups is 1. The molecule has 0 aliphatic carbocycles. The second-order valence-corrected chi connectivity index (χ2v) is 6.46. The quantitative estimate of drug-likeness (QED) is 0.522. The fourth-order valence-corrected chi connectivity index (χ4v) is 2.88. The Kier molecular flexibility index (Phi) is 5.23. The lowest BCUT2D eigenvalue weighted by Gasteiger charge is -2.11. The van der Waals surface area contributed by atoms with E-state index in [0.29, 0.717) is 5.75 Å². The number of nitrogens with zero attached hydrogens (tertiary/aromatic N) is 2. The van der Waals surface area contributed by atoms with Gasteiger partial charge in [-0.1, -0.05) is 18.2 Å². The van der Waals surface area contributed by atoms with Crippen molar-refractivity contribution >= 4 is 22.9 Å². The van der Waals surface area contributed by atoms with Crippen molar-refractivity contribution in [2.45, 2.75) is 13.5 Å². The fourth-order valence-electron chi connectivity index (χ4n) is 2.27. The Hall–Kier alpha value is -3.26. The largest absolute Gasteiger partial charge is 0.457 e. The van der Waals surface area contributed by atoms with Crippen molar-refractivity contribution in [2.75, 3.05) is 0 Å². The van der Waals surface area contributed by atoms with Gasteiger partial charge >= 0.3 is 0 Å². The summed E-state index contributed by atoms with van der Waals surface area (Å²) >= 11 is 1.49. The number of hydrogen-bond acceptors (Lipinski definition) is 6. The van der Waals surface area contributed by atoms with E-state index in [1.165, 1.54) is 29.5 Å². The average molecular weight is 369 g/mol. The zero-order chi connectivity index (χ0) is 18.5. The summed E-state index contributed by atoms with van der Waals surface area (Å²) in [6.45, 7) is 2.11. The fraction of sp³-hybridized carbons (Fsp3) is 0.111. The maximum Gasteiger partial charge on any atom is 0.270 e. The Bertz CT molecular complexity index is 941. The van der Waals surface area contributed by atoms with Gasteiger partial charge in [-0.3, -0.25) is 14.9 Å². The second kappa shape index (κ2) is 7.75. The standard InChI is InChI=1S/C18H15N3O4S/c1-12-20-13(11-26-12)10-19-18(22)16-9-14(21(23)24)7-8-17(16)25-15-5-3-2-4-6-15/h2-9,11H,10H2,1H3,(H,19,22). The highest BCUT2D eigenvalue weighted by molar-refractivity contribution is 7.09. The maximum absolute atomic E-state index is 12.6. The summed E-state index contributed by atoms with van der Waals surface area (Å²) in [5.74, 6) is 0.310. The molecule has 7 nitrogen and oxygen atoms in total. The Labute approximate surface area is 153 Å². The van der Waals surface area contributed by atoms with Crippen LogP contribution in [-0.4, -0.2) is 15.8 Å². The zero-order valence-electron chi connectivity index (χ0n) is 13.8. The van der Waals surface area contributed by atoms with Crippen molar-refractivity contribution < 1.29 is 14.5 Å². The maximum atomic E-state index is 12.6. The first-order valence-corrected chi connectivity index (χ1v) is 8.61. The minimum Gasteiger partial charge on any atom is -0.457 e. The molecule has 0 aliphatic rings. The predicted octanol–water partition coefficient (Wildman–Crippen LogP) is 4.08. The van der Waals surface area contributed by atoms with E-state index < -0.39 is 10.8 Å².